The zero-order valence-electron chi connectivity index (χ0n) is 31.7. The molecule has 3 aromatic carbocycles. The van der Waals surface area contributed by atoms with Crippen molar-refractivity contribution < 1.29 is 32.9 Å². The van der Waals surface area contributed by atoms with Gasteiger partial charge in [0.25, 0.3) is 8.32 Å². The summed E-state index contributed by atoms with van der Waals surface area (Å²) in [6.45, 7) is 19.0. The van der Waals surface area contributed by atoms with E-state index in [0.29, 0.717) is 19.4 Å². The minimum absolute atomic E-state index is 0.0791. The van der Waals surface area contributed by atoms with Gasteiger partial charge in [0, 0.05) is 12.5 Å². The van der Waals surface area contributed by atoms with Crippen LogP contribution in [0.3, 0.4) is 0 Å². The molecule has 4 atom stereocenters. The Morgan fingerprint density at radius 3 is 1.98 bits per heavy atom. The van der Waals surface area contributed by atoms with Gasteiger partial charge in [0.15, 0.2) is 5.79 Å². The predicted octanol–water partition coefficient (Wildman–Crippen LogP) is 7.99. The summed E-state index contributed by atoms with van der Waals surface area (Å²) in [5, 5.41) is 2.38. The molecule has 7 nitrogen and oxygen atoms in total. The van der Waals surface area contributed by atoms with Crippen molar-refractivity contribution in [2.75, 3.05) is 13.7 Å². The maximum atomic E-state index is 12.5. The molecule has 1 heterocycles. The third kappa shape index (κ3) is 10.2. The maximum Gasteiger partial charge on any atom is 0.311 e. The summed E-state index contributed by atoms with van der Waals surface area (Å²) in [4.78, 5) is 12.5. The Labute approximate surface area is 301 Å². The molecule has 0 bridgehead atoms. The van der Waals surface area contributed by atoms with Crippen molar-refractivity contribution >= 4 is 24.7 Å². The van der Waals surface area contributed by atoms with Crippen molar-refractivity contribution in [1.29, 1.82) is 0 Å². The number of benzene rings is 3. The van der Waals surface area contributed by atoms with Gasteiger partial charge in [-0.05, 0) is 81.1 Å². The van der Waals surface area contributed by atoms with E-state index in [1.165, 1.54) is 10.4 Å². The van der Waals surface area contributed by atoms with Crippen LogP contribution in [-0.2, 0) is 34.8 Å². The van der Waals surface area contributed by atoms with Crippen molar-refractivity contribution in [1.82, 2.24) is 0 Å². The molecule has 8 heteroatoms. The number of hydrogen-bond acceptors (Lipinski definition) is 7. The number of ether oxygens (including phenoxy) is 5. The molecule has 1 aliphatic heterocycles. The molecule has 1 saturated heterocycles. The first-order valence-corrected chi connectivity index (χ1v) is 19.7. The van der Waals surface area contributed by atoms with Gasteiger partial charge in [-0.2, -0.15) is 0 Å². The van der Waals surface area contributed by atoms with Crippen molar-refractivity contribution in [3.05, 3.63) is 103 Å². The van der Waals surface area contributed by atoms with E-state index >= 15 is 0 Å². The van der Waals surface area contributed by atoms with Crippen LogP contribution in [0.2, 0.25) is 5.04 Å². The maximum absolute atomic E-state index is 12.5. The van der Waals surface area contributed by atoms with Gasteiger partial charge < -0.3 is 28.1 Å². The first-order valence-electron chi connectivity index (χ1n) is 17.8. The number of hydrogen-bond donors (Lipinski definition) is 0. The van der Waals surface area contributed by atoms with Crippen LogP contribution in [0.25, 0.3) is 0 Å². The fourth-order valence-electron chi connectivity index (χ4n) is 6.47. The summed E-state index contributed by atoms with van der Waals surface area (Å²) in [5.41, 5.74) is 0.437. The highest BCUT2D eigenvalue weighted by atomic mass is 28.4. The second kappa shape index (κ2) is 16.8. The number of esters is 1. The summed E-state index contributed by atoms with van der Waals surface area (Å²) < 4.78 is 37.7. The lowest BCUT2D eigenvalue weighted by Crippen LogP contribution is -2.67. The van der Waals surface area contributed by atoms with Crippen molar-refractivity contribution in [2.24, 2.45) is 5.41 Å². The average Bonchev–Trinajstić information content (AvgIpc) is 3.38. The molecule has 4 rings (SSSR count). The molecule has 1 aliphatic rings. The van der Waals surface area contributed by atoms with Gasteiger partial charge >= 0.3 is 5.97 Å². The number of methoxy groups -OCH3 is 1. The normalized spacial score (nSPS) is 19.3. The lowest BCUT2D eigenvalue weighted by molar-refractivity contribution is -0.159. The summed E-state index contributed by atoms with van der Waals surface area (Å²) in [7, 11) is -1.06. The van der Waals surface area contributed by atoms with Gasteiger partial charge in [0.2, 0.25) is 0 Å². The monoisotopic (exact) mass is 702 g/mol. The van der Waals surface area contributed by atoms with E-state index in [1.54, 1.807) is 7.11 Å². The van der Waals surface area contributed by atoms with Crippen LogP contribution in [0.15, 0.2) is 97.1 Å². The zero-order chi connectivity index (χ0) is 36.6. The third-order valence-electron chi connectivity index (χ3n) is 8.98. The van der Waals surface area contributed by atoms with Gasteiger partial charge in [0.1, 0.15) is 18.0 Å². The molecule has 1 unspecified atom stereocenters. The van der Waals surface area contributed by atoms with Crippen LogP contribution < -0.4 is 15.1 Å². The molecule has 0 N–H and O–H groups in total. The largest absolute Gasteiger partial charge is 0.497 e. The summed E-state index contributed by atoms with van der Waals surface area (Å²) in [6, 6.07) is 29.3. The van der Waals surface area contributed by atoms with Gasteiger partial charge in [-0.25, -0.2) is 0 Å². The standard InChI is InChI=1S/C42H58O7Si/c1-31(49-50(41(5,6)7,34-19-13-11-14-20-34)35-21-15-12-16-22-35)18-17-23-36(46-30-32-24-26-33(44-10)27-25-32)38-37(47-42(8,9)48-38)28-29-45-39(43)40(2,3)4/h11-17,19-27,31,36-38H,18,28-30H2,1-10H3/t31-,36?,37-,38+/m0/s1. The number of carbonyl (C=O) groups is 1. The Bertz CT molecular complexity index is 1470. The first-order chi connectivity index (χ1) is 23.6. The molecule has 50 heavy (non-hydrogen) atoms. The van der Waals surface area contributed by atoms with E-state index in [0.717, 1.165) is 11.3 Å². The predicted molar refractivity (Wildman–Crippen MR) is 202 cm³/mol. The molecule has 0 spiro atoms. The van der Waals surface area contributed by atoms with Crippen LogP contribution >= 0.6 is 0 Å². The van der Waals surface area contributed by atoms with E-state index in [9.17, 15) is 4.79 Å². The Morgan fingerprint density at radius 2 is 1.46 bits per heavy atom. The van der Waals surface area contributed by atoms with E-state index in [-0.39, 0.29) is 29.8 Å². The average molecular weight is 703 g/mol. The second-order valence-electron chi connectivity index (χ2n) is 15.7. The van der Waals surface area contributed by atoms with E-state index in [4.69, 9.17) is 28.1 Å². The second-order valence-corrected chi connectivity index (χ2v) is 19.9. The molecule has 0 saturated carbocycles. The van der Waals surface area contributed by atoms with Gasteiger partial charge in [-0.15, -0.1) is 0 Å². The molecule has 272 valence electrons. The molecule has 0 radical (unpaired) electrons. The minimum Gasteiger partial charge on any atom is -0.497 e. The highest BCUT2D eigenvalue weighted by Crippen LogP contribution is 2.38. The zero-order valence-corrected chi connectivity index (χ0v) is 32.7. The Hall–Kier alpha value is -3.27. The highest BCUT2D eigenvalue weighted by molar-refractivity contribution is 6.99. The Kier molecular flexibility index (Phi) is 13.3. The van der Waals surface area contributed by atoms with Crippen molar-refractivity contribution in [3.8, 4) is 5.75 Å². The topological polar surface area (TPSA) is 72.5 Å². The summed E-state index contributed by atoms with van der Waals surface area (Å²) in [6.07, 6.45) is 4.13. The van der Waals surface area contributed by atoms with Crippen LogP contribution in [0.5, 0.6) is 5.75 Å². The minimum atomic E-state index is -2.71. The Morgan fingerprint density at radius 1 is 0.880 bits per heavy atom. The fourth-order valence-corrected chi connectivity index (χ4v) is 11.2. The first kappa shape index (κ1) is 39.5. The smallest absolute Gasteiger partial charge is 0.311 e. The number of carbonyl (C=O) groups excluding carboxylic acids is 1. The van der Waals surface area contributed by atoms with Crippen LogP contribution in [-0.4, -0.2) is 58.2 Å². The molecular weight excluding hydrogens is 645 g/mol. The number of rotatable bonds is 15. The molecule has 0 aromatic heterocycles. The van der Waals surface area contributed by atoms with Crippen LogP contribution in [0.4, 0.5) is 0 Å². The van der Waals surface area contributed by atoms with E-state index in [2.05, 4.69) is 101 Å². The van der Waals surface area contributed by atoms with Crippen LogP contribution in [0.1, 0.15) is 80.7 Å². The third-order valence-corrected chi connectivity index (χ3v) is 14.1. The SMILES string of the molecule is COc1ccc(COC(C=CC[C@H](C)O[Si](c2ccccc2)(c2ccccc2)C(C)(C)C)[C@H]2OC(C)(C)O[C@H]2CCOC(=O)C(C)(C)C)cc1. The lowest BCUT2D eigenvalue weighted by atomic mass is 9.97. The van der Waals surface area contributed by atoms with Gasteiger partial charge in [-0.3, -0.25) is 4.79 Å². The van der Waals surface area contributed by atoms with E-state index in [1.807, 2.05) is 58.9 Å². The fraction of sp³-hybridized carbons (Fsp3) is 0.500. The molecule has 0 amide bonds. The van der Waals surface area contributed by atoms with E-state index < -0.39 is 31.7 Å². The highest BCUT2D eigenvalue weighted by Gasteiger charge is 2.51. The van der Waals surface area contributed by atoms with Gasteiger partial charge in [-0.1, -0.05) is 106 Å². The summed E-state index contributed by atoms with van der Waals surface area (Å²) in [5.74, 6) is -0.271. The molecule has 0 aliphatic carbocycles. The molecular formula is C42H58O7Si. The van der Waals surface area contributed by atoms with Crippen LogP contribution in [0, 0.1) is 5.41 Å². The van der Waals surface area contributed by atoms with Crippen molar-refractivity contribution in [3.63, 3.8) is 0 Å². The van der Waals surface area contributed by atoms with Gasteiger partial charge in [0.05, 0.1) is 31.8 Å². The summed E-state index contributed by atoms with van der Waals surface area (Å²) >= 11 is 0. The molecule has 3 aromatic rings. The Balaban J connectivity index is 1.58. The quantitative estimate of drug-likeness (QED) is 0.0904. The molecule has 1 fully saturated rings. The van der Waals surface area contributed by atoms with Crippen molar-refractivity contribution in [2.45, 2.75) is 117 Å². The lowest BCUT2D eigenvalue weighted by Gasteiger charge is -2.44.